The molecule has 0 bridgehead atoms. The molecule has 13 heavy (non-hydrogen) atoms. The van der Waals surface area contributed by atoms with Gasteiger partial charge >= 0.3 is 6.36 Å². The van der Waals surface area contributed by atoms with Crippen LogP contribution in [0.2, 0.25) is 0 Å². The van der Waals surface area contributed by atoms with Gasteiger partial charge in [0.15, 0.2) is 0 Å². The maximum Gasteiger partial charge on any atom is 0.522 e. The van der Waals surface area contributed by atoms with Crippen LogP contribution >= 0.6 is 0 Å². The Morgan fingerprint density at radius 2 is 2.00 bits per heavy atom. The van der Waals surface area contributed by atoms with Crippen molar-refractivity contribution in [1.82, 2.24) is 0 Å². The van der Waals surface area contributed by atoms with Crippen LogP contribution in [0.4, 0.5) is 13.2 Å². The lowest BCUT2D eigenvalue weighted by Crippen LogP contribution is -2.19. The van der Waals surface area contributed by atoms with Crippen LogP contribution in [0.3, 0.4) is 0 Å². The molecule has 2 unspecified atom stereocenters. The SMILES string of the molecule is OC1CCCC1CCOC(F)(F)F. The van der Waals surface area contributed by atoms with E-state index in [0.29, 0.717) is 12.8 Å². The summed E-state index contributed by atoms with van der Waals surface area (Å²) in [5, 5.41) is 9.28. The third-order valence-electron chi connectivity index (χ3n) is 2.37. The summed E-state index contributed by atoms with van der Waals surface area (Å²) in [6, 6.07) is 0. The van der Waals surface area contributed by atoms with Crippen LogP contribution < -0.4 is 0 Å². The maximum absolute atomic E-state index is 11.5. The van der Waals surface area contributed by atoms with Crippen LogP contribution in [0.1, 0.15) is 25.7 Å². The second kappa shape index (κ2) is 4.28. The van der Waals surface area contributed by atoms with Crippen molar-refractivity contribution in [3.8, 4) is 0 Å². The predicted octanol–water partition coefficient (Wildman–Crippen LogP) is 2.07. The highest BCUT2D eigenvalue weighted by Crippen LogP contribution is 2.29. The Bertz CT molecular complexity index is 158. The van der Waals surface area contributed by atoms with E-state index in [1.54, 1.807) is 0 Å². The van der Waals surface area contributed by atoms with E-state index in [-0.39, 0.29) is 12.5 Å². The molecule has 0 amide bonds. The number of hydrogen-bond acceptors (Lipinski definition) is 2. The zero-order valence-corrected chi connectivity index (χ0v) is 7.18. The van der Waals surface area contributed by atoms with Crippen molar-refractivity contribution < 1.29 is 23.0 Å². The van der Waals surface area contributed by atoms with Crippen LogP contribution in [-0.4, -0.2) is 24.2 Å². The fraction of sp³-hybridized carbons (Fsp3) is 1.00. The van der Waals surface area contributed by atoms with E-state index in [1.165, 1.54) is 0 Å². The number of aliphatic hydroxyl groups excluding tert-OH is 1. The summed E-state index contributed by atoms with van der Waals surface area (Å²) in [6.45, 7) is -0.342. The Morgan fingerprint density at radius 1 is 1.31 bits per heavy atom. The average Bonchev–Trinajstić information content (AvgIpc) is 2.34. The maximum atomic E-state index is 11.5. The van der Waals surface area contributed by atoms with Gasteiger partial charge in [0, 0.05) is 0 Å². The fourth-order valence-corrected chi connectivity index (χ4v) is 1.68. The number of halogens is 3. The minimum absolute atomic E-state index is 0.0117. The van der Waals surface area contributed by atoms with Gasteiger partial charge in [-0.15, -0.1) is 13.2 Å². The molecule has 1 fully saturated rings. The van der Waals surface area contributed by atoms with Crippen molar-refractivity contribution in [3.63, 3.8) is 0 Å². The molecule has 1 aliphatic carbocycles. The van der Waals surface area contributed by atoms with Crippen molar-refractivity contribution in [2.45, 2.75) is 38.1 Å². The molecule has 78 valence electrons. The highest BCUT2D eigenvalue weighted by Gasteiger charge is 2.31. The molecule has 1 saturated carbocycles. The highest BCUT2D eigenvalue weighted by atomic mass is 19.4. The Labute approximate surface area is 74.7 Å². The first-order valence-electron chi connectivity index (χ1n) is 4.38. The van der Waals surface area contributed by atoms with E-state index in [4.69, 9.17) is 0 Å². The molecule has 0 aromatic heterocycles. The van der Waals surface area contributed by atoms with Crippen molar-refractivity contribution in [3.05, 3.63) is 0 Å². The van der Waals surface area contributed by atoms with E-state index < -0.39 is 12.5 Å². The van der Waals surface area contributed by atoms with Gasteiger partial charge in [-0.25, -0.2) is 0 Å². The second-order valence-electron chi connectivity index (χ2n) is 3.34. The van der Waals surface area contributed by atoms with Gasteiger partial charge in [0.05, 0.1) is 12.7 Å². The monoisotopic (exact) mass is 198 g/mol. The van der Waals surface area contributed by atoms with Gasteiger partial charge in [-0.3, -0.25) is 4.74 Å². The summed E-state index contributed by atoms with van der Waals surface area (Å²) in [4.78, 5) is 0. The molecule has 0 radical (unpaired) electrons. The quantitative estimate of drug-likeness (QED) is 0.752. The van der Waals surface area contributed by atoms with E-state index in [9.17, 15) is 18.3 Å². The first-order chi connectivity index (χ1) is 5.99. The third kappa shape index (κ3) is 3.95. The van der Waals surface area contributed by atoms with Gasteiger partial charge in [0.1, 0.15) is 0 Å². The summed E-state index contributed by atoms with van der Waals surface area (Å²) in [5.74, 6) is -0.0117. The summed E-state index contributed by atoms with van der Waals surface area (Å²) in [5.41, 5.74) is 0. The van der Waals surface area contributed by atoms with Crippen molar-refractivity contribution in [2.24, 2.45) is 5.92 Å². The van der Waals surface area contributed by atoms with Gasteiger partial charge in [0.2, 0.25) is 0 Å². The second-order valence-corrected chi connectivity index (χ2v) is 3.34. The molecule has 2 nitrogen and oxygen atoms in total. The molecule has 2 atom stereocenters. The van der Waals surface area contributed by atoms with Crippen LogP contribution in [-0.2, 0) is 4.74 Å². The molecular formula is C8H13F3O2. The molecule has 1 aliphatic rings. The van der Waals surface area contributed by atoms with Gasteiger partial charge in [-0.05, 0) is 25.2 Å². The molecule has 5 heteroatoms. The summed E-state index contributed by atoms with van der Waals surface area (Å²) >= 11 is 0. The molecular weight excluding hydrogens is 185 g/mol. The first-order valence-corrected chi connectivity index (χ1v) is 4.38. The molecule has 1 rings (SSSR count). The number of alkyl halides is 3. The summed E-state index contributed by atoms with van der Waals surface area (Å²) in [6.07, 6.45) is -2.27. The Hall–Kier alpha value is -0.290. The average molecular weight is 198 g/mol. The molecule has 0 heterocycles. The van der Waals surface area contributed by atoms with Gasteiger partial charge in [-0.2, -0.15) is 0 Å². The molecule has 0 spiro atoms. The van der Waals surface area contributed by atoms with E-state index in [2.05, 4.69) is 4.74 Å². The minimum Gasteiger partial charge on any atom is -0.393 e. The normalized spacial score (nSPS) is 29.5. The lowest BCUT2D eigenvalue weighted by Gasteiger charge is -2.14. The Balaban J connectivity index is 2.12. The lowest BCUT2D eigenvalue weighted by atomic mass is 10.0. The topological polar surface area (TPSA) is 29.5 Å². The number of aliphatic hydroxyl groups is 1. The predicted molar refractivity (Wildman–Crippen MR) is 40.0 cm³/mol. The van der Waals surface area contributed by atoms with E-state index in [1.807, 2.05) is 0 Å². The van der Waals surface area contributed by atoms with E-state index in [0.717, 1.165) is 12.8 Å². The van der Waals surface area contributed by atoms with Crippen LogP contribution in [0.25, 0.3) is 0 Å². The summed E-state index contributed by atoms with van der Waals surface area (Å²) in [7, 11) is 0. The zero-order chi connectivity index (χ0) is 9.90. The molecule has 0 saturated heterocycles. The minimum atomic E-state index is -4.54. The largest absolute Gasteiger partial charge is 0.522 e. The van der Waals surface area contributed by atoms with Gasteiger partial charge < -0.3 is 5.11 Å². The van der Waals surface area contributed by atoms with Crippen LogP contribution in [0.5, 0.6) is 0 Å². The number of rotatable bonds is 3. The van der Waals surface area contributed by atoms with Gasteiger partial charge in [-0.1, -0.05) is 6.42 Å². The zero-order valence-electron chi connectivity index (χ0n) is 7.18. The van der Waals surface area contributed by atoms with Crippen molar-refractivity contribution in [2.75, 3.05) is 6.61 Å². The first kappa shape index (κ1) is 10.8. The van der Waals surface area contributed by atoms with Gasteiger partial charge in [0.25, 0.3) is 0 Å². The summed E-state index contributed by atoms with van der Waals surface area (Å²) < 4.78 is 38.3. The molecule has 0 aliphatic heterocycles. The number of ether oxygens (including phenoxy) is 1. The Kier molecular flexibility index (Phi) is 3.55. The van der Waals surface area contributed by atoms with Crippen molar-refractivity contribution in [1.29, 1.82) is 0 Å². The standard InChI is InChI=1S/C8H13F3O2/c9-8(10,11)13-5-4-6-2-1-3-7(6)12/h6-7,12H,1-5H2. The molecule has 0 aromatic rings. The Morgan fingerprint density at radius 3 is 2.46 bits per heavy atom. The van der Waals surface area contributed by atoms with E-state index >= 15 is 0 Å². The fourth-order valence-electron chi connectivity index (χ4n) is 1.68. The third-order valence-corrected chi connectivity index (χ3v) is 2.37. The molecule has 0 aromatic carbocycles. The van der Waals surface area contributed by atoms with Crippen LogP contribution in [0, 0.1) is 5.92 Å². The van der Waals surface area contributed by atoms with Crippen LogP contribution in [0.15, 0.2) is 0 Å². The molecule has 1 N–H and O–H groups in total. The highest BCUT2D eigenvalue weighted by molar-refractivity contribution is 4.76. The van der Waals surface area contributed by atoms with Crippen molar-refractivity contribution >= 4 is 0 Å². The smallest absolute Gasteiger partial charge is 0.393 e. The lowest BCUT2D eigenvalue weighted by molar-refractivity contribution is -0.325. The number of hydrogen-bond donors (Lipinski definition) is 1.